The second kappa shape index (κ2) is 13.2. The molecule has 1 unspecified atom stereocenters. The molecule has 0 saturated carbocycles. The summed E-state index contributed by atoms with van der Waals surface area (Å²) in [5.41, 5.74) is 1.51. The van der Waals surface area contributed by atoms with E-state index in [-0.39, 0.29) is 0 Å². The Kier molecular flexibility index (Phi) is 10.8. The minimum atomic E-state index is 0.328. The molecule has 6 heteroatoms. The first-order valence-electron chi connectivity index (χ1n) is 8.94. The molecule has 0 aliphatic heterocycles. The highest BCUT2D eigenvalue weighted by molar-refractivity contribution is 7.08. The van der Waals surface area contributed by atoms with Crippen molar-refractivity contribution in [1.29, 1.82) is 0 Å². The van der Waals surface area contributed by atoms with Crippen molar-refractivity contribution in [3.63, 3.8) is 0 Å². The van der Waals surface area contributed by atoms with Crippen LogP contribution in [0.1, 0.15) is 50.0 Å². The topological polar surface area (TPSA) is 29.5 Å². The lowest BCUT2D eigenvalue weighted by Crippen LogP contribution is -1.97. The number of alkyl halides is 1. The van der Waals surface area contributed by atoms with E-state index in [2.05, 4.69) is 45.8 Å². The van der Waals surface area contributed by atoms with Crippen molar-refractivity contribution < 1.29 is 9.68 Å². The Labute approximate surface area is 170 Å². The molecule has 2 nitrogen and oxygen atoms in total. The largest absolute Gasteiger partial charge is 0.569 e. The lowest BCUT2D eigenvalue weighted by Gasteiger charge is -2.14. The predicted octanol–water partition coefficient (Wildman–Crippen LogP) is 6.56. The average molecular weight is 408 g/mol. The summed E-state index contributed by atoms with van der Waals surface area (Å²) in [4.78, 5) is 0. The molecule has 2 atom stereocenters. The van der Waals surface area contributed by atoms with Crippen LogP contribution in [-0.4, -0.2) is 18.1 Å². The third-order valence-electron chi connectivity index (χ3n) is 4.11. The van der Waals surface area contributed by atoms with E-state index in [0.29, 0.717) is 18.8 Å². The van der Waals surface area contributed by atoms with Crippen molar-refractivity contribution >= 4 is 42.0 Å². The van der Waals surface area contributed by atoms with E-state index in [0.717, 1.165) is 12.3 Å². The van der Waals surface area contributed by atoms with Crippen LogP contribution in [0.3, 0.4) is 0 Å². The van der Waals surface area contributed by atoms with Crippen molar-refractivity contribution in [3.05, 3.63) is 63.5 Å². The molecule has 0 fully saturated rings. The summed E-state index contributed by atoms with van der Waals surface area (Å²) in [6.07, 6.45) is 16.5. The fourth-order valence-corrected chi connectivity index (χ4v) is 4.27. The molecule has 0 aromatic carbocycles. The molecule has 0 amide bonds. The van der Waals surface area contributed by atoms with Crippen LogP contribution < -0.4 is 4.65 Å². The highest BCUT2D eigenvalue weighted by Crippen LogP contribution is 2.28. The zero-order chi connectivity index (χ0) is 18.5. The van der Waals surface area contributed by atoms with Crippen LogP contribution in [0.15, 0.2) is 58.0 Å². The van der Waals surface area contributed by atoms with Crippen LogP contribution in [0, 0.1) is 0 Å². The SMILES string of the molecule is C1=C[C@H](c2ccsc2)CCC1.ClC1C=CCCC1.O[B]Oc1ccsc1. The van der Waals surface area contributed by atoms with E-state index in [1.807, 2.05) is 5.38 Å². The summed E-state index contributed by atoms with van der Waals surface area (Å²) >= 11 is 9.05. The van der Waals surface area contributed by atoms with Crippen molar-refractivity contribution in [3.8, 4) is 5.75 Å². The quantitative estimate of drug-likeness (QED) is 0.354. The third kappa shape index (κ3) is 8.59. The maximum atomic E-state index is 8.10. The number of halogens is 1. The van der Waals surface area contributed by atoms with E-state index >= 15 is 0 Å². The van der Waals surface area contributed by atoms with Crippen molar-refractivity contribution in [2.45, 2.75) is 49.8 Å². The van der Waals surface area contributed by atoms with Gasteiger partial charge in [-0.3, -0.25) is 0 Å². The minimum absolute atomic E-state index is 0.328. The Morgan fingerprint density at radius 1 is 1.00 bits per heavy atom. The van der Waals surface area contributed by atoms with Gasteiger partial charge in [0, 0.05) is 11.3 Å². The first-order valence-corrected chi connectivity index (χ1v) is 11.3. The summed E-state index contributed by atoms with van der Waals surface area (Å²) < 4.78 is 4.59. The summed E-state index contributed by atoms with van der Waals surface area (Å²) in [5, 5.41) is 16.5. The van der Waals surface area contributed by atoms with E-state index < -0.39 is 0 Å². The molecule has 139 valence electrons. The maximum Gasteiger partial charge on any atom is 0.569 e. The third-order valence-corrected chi connectivity index (χ3v) is 5.83. The van der Waals surface area contributed by atoms with Gasteiger partial charge in [-0.15, -0.1) is 22.9 Å². The number of thiophene rings is 2. The van der Waals surface area contributed by atoms with Crippen LogP contribution in [0.4, 0.5) is 0 Å². The summed E-state index contributed by atoms with van der Waals surface area (Å²) in [6, 6.07) is 4.02. The van der Waals surface area contributed by atoms with Crippen LogP contribution in [-0.2, 0) is 0 Å². The lowest BCUT2D eigenvalue weighted by atomic mass is 9.91. The van der Waals surface area contributed by atoms with Gasteiger partial charge in [-0.25, -0.2) is 0 Å². The first kappa shape index (κ1) is 21.3. The molecule has 26 heavy (non-hydrogen) atoms. The van der Waals surface area contributed by atoms with E-state index in [1.54, 1.807) is 22.8 Å². The highest BCUT2D eigenvalue weighted by atomic mass is 35.5. The van der Waals surface area contributed by atoms with E-state index in [1.165, 1.54) is 49.0 Å². The monoisotopic (exact) mass is 407 g/mol. The van der Waals surface area contributed by atoms with Gasteiger partial charge in [0.05, 0.1) is 5.38 Å². The molecule has 2 aromatic heterocycles. The summed E-state index contributed by atoms with van der Waals surface area (Å²) in [7, 11) is 0.669. The average Bonchev–Trinajstić information content (AvgIpc) is 3.39. The minimum Gasteiger partial charge on any atom is -0.537 e. The molecule has 0 saturated heterocycles. The Balaban J connectivity index is 0.000000145. The van der Waals surface area contributed by atoms with Crippen LogP contribution in [0.2, 0.25) is 0 Å². The van der Waals surface area contributed by atoms with Gasteiger partial charge in [-0.05, 0) is 72.4 Å². The van der Waals surface area contributed by atoms with Gasteiger partial charge in [0.2, 0.25) is 0 Å². The zero-order valence-corrected chi connectivity index (χ0v) is 17.2. The van der Waals surface area contributed by atoms with Gasteiger partial charge in [-0.1, -0.05) is 24.3 Å². The van der Waals surface area contributed by atoms with Gasteiger partial charge in [0.25, 0.3) is 0 Å². The first-order chi connectivity index (χ1) is 12.8. The summed E-state index contributed by atoms with van der Waals surface area (Å²) in [6.45, 7) is 0. The Hall–Kier alpha value is -1.01. The van der Waals surface area contributed by atoms with Gasteiger partial charge < -0.3 is 9.68 Å². The number of hydrogen-bond acceptors (Lipinski definition) is 4. The smallest absolute Gasteiger partial charge is 0.537 e. The molecular formula is C20H25BClO2S2. The normalized spacial score (nSPS) is 21.0. The molecule has 1 radical (unpaired) electrons. The fraction of sp³-hybridized carbons (Fsp3) is 0.400. The Morgan fingerprint density at radius 3 is 2.19 bits per heavy atom. The van der Waals surface area contributed by atoms with Gasteiger partial charge in [0.15, 0.2) is 0 Å². The molecule has 2 heterocycles. The van der Waals surface area contributed by atoms with Gasteiger partial charge >= 0.3 is 7.69 Å². The molecule has 2 aliphatic carbocycles. The van der Waals surface area contributed by atoms with Crippen LogP contribution >= 0.6 is 34.3 Å². The Bertz CT molecular complexity index is 626. The zero-order valence-electron chi connectivity index (χ0n) is 14.8. The molecule has 0 bridgehead atoms. The second-order valence-electron chi connectivity index (χ2n) is 6.08. The molecule has 4 rings (SSSR count). The fourth-order valence-electron chi connectivity index (χ4n) is 2.73. The van der Waals surface area contributed by atoms with Crippen molar-refractivity contribution in [2.24, 2.45) is 0 Å². The second-order valence-corrected chi connectivity index (χ2v) is 8.20. The van der Waals surface area contributed by atoms with E-state index in [9.17, 15) is 0 Å². The van der Waals surface area contributed by atoms with Gasteiger partial charge in [0.1, 0.15) is 5.75 Å². The van der Waals surface area contributed by atoms with Crippen LogP contribution in [0.25, 0.3) is 0 Å². The lowest BCUT2D eigenvalue weighted by molar-refractivity contribution is 0.455. The van der Waals surface area contributed by atoms with Crippen LogP contribution in [0.5, 0.6) is 5.75 Å². The maximum absolute atomic E-state index is 8.10. The standard InChI is InChI=1S/C10H12S.C6H9Cl.C4H4BO2S/c1-2-4-9(5-3-1)10-6-7-11-8-10;7-6-4-2-1-3-5-6;6-5-7-4-1-2-8-3-4/h2,4,6-9H,1,3,5H2;2,4,6H,1,3,5H2;1-3,6H/t9-;;/m0../s1. The summed E-state index contributed by atoms with van der Waals surface area (Å²) in [5.74, 6) is 1.40. The predicted molar refractivity (Wildman–Crippen MR) is 116 cm³/mol. The molecule has 2 aromatic rings. The Morgan fingerprint density at radius 2 is 1.73 bits per heavy atom. The number of allylic oxidation sites excluding steroid dienone is 4. The van der Waals surface area contributed by atoms with E-state index in [4.69, 9.17) is 16.6 Å². The molecule has 2 aliphatic rings. The van der Waals surface area contributed by atoms with Crippen molar-refractivity contribution in [1.82, 2.24) is 0 Å². The number of rotatable bonds is 3. The molecule has 0 spiro atoms. The highest BCUT2D eigenvalue weighted by Gasteiger charge is 2.10. The van der Waals surface area contributed by atoms with Gasteiger partial charge in [-0.2, -0.15) is 11.3 Å². The molecule has 1 N–H and O–H groups in total. The number of hydrogen-bond donors (Lipinski definition) is 1. The van der Waals surface area contributed by atoms with Crippen molar-refractivity contribution in [2.75, 3.05) is 0 Å². The molecular weight excluding hydrogens is 383 g/mol.